The second kappa shape index (κ2) is 12.9. The van der Waals surface area contributed by atoms with Crippen LogP contribution in [-0.4, -0.2) is 4.57 Å². The summed E-state index contributed by atoms with van der Waals surface area (Å²) in [6.45, 7) is 0. The summed E-state index contributed by atoms with van der Waals surface area (Å²) in [7, 11) is 0. The van der Waals surface area contributed by atoms with E-state index in [1.54, 1.807) is 0 Å². The Morgan fingerprint density at radius 2 is 0.860 bits per heavy atom. The van der Waals surface area contributed by atoms with Gasteiger partial charge in [-0.2, -0.15) is 0 Å². The van der Waals surface area contributed by atoms with Gasteiger partial charge in [-0.05, 0) is 107 Å². The van der Waals surface area contributed by atoms with Crippen LogP contribution in [0.3, 0.4) is 0 Å². The molecule has 0 saturated heterocycles. The Hall–Kier alpha value is -6.38. The molecule has 0 atom stereocenters. The van der Waals surface area contributed by atoms with Crippen molar-refractivity contribution in [1.29, 1.82) is 0 Å². The maximum Gasteiger partial charge on any atom is 0.0538 e. The summed E-state index contributed by atoms with van der Waals surface area (Å²) in [6, 6.07) is 65.5. The number of nitrogens with zero attached hydrogens (tertiary/aromatic N) is 2. The Labute approximate surface area is 293 Å². The Balaban J connectivity index is 0.964. The van der Waals surface area contributed by atoms with Crippen LogP contribution in [0.25, 0.3) is 56.0 Å². The van der Waals surface area contributed by atoms with Gasteiger partial charge in [0.15, 0.2) is 0 Å². The lowest BCUT2D eigenvalue weighted by atomic mass is 9.96. The average molecular weight is 641 g/mol. The van der Waals surface area contributed by atoms with Crippen molar-refractivity contribution in [2.75, 3.05) is 4.90 Å². The molecule has 0 radical (unpaired) electrons. The molecular formula is C48H36N2. The smallest absolute Gasteiger partial charge is 0.0538 e. The molecule has 1 aliphatic carbocycles. The summed E-state index contributed by atoms with van der Waals surface area (Å²) in [5.41, 5.74) is 16.0. The molecule has 7 aromatic carbocycles. The summed E-state index contributed by atoms with van der Waals surface area (Å²) in [4.78, 5) is 2.29. The largest absolute Gasteiger partial charge is 0.313 e. The molecule has 8 aromatic rings. The maximum absolute atomic E-state index is 2.45. The minimum absolute atomic E-state index is 1.06. The van der Waals surface area contributed by atoms with Crippen LogP contribution in [0, 0.1) is 0 Å². The second-order valence-corrected chi connectivity index (χ2v) is 12.9. The summed E-state index contributed by atoms with van der Waals surface area (Å²) >= 11 is 0. The monoisotopic (exact) mass is 640 g/mol. The molecule has 9 rings (SSSR count). The Kier molecular flexibility index (Phi) is 7.68. The highest BCUT2D eigenvalue weighted by Gasteiger charge is 2.19. The van der Waals surface area contributed by atoms with Gasteiger partial charge < -0.3 is 9.47 Å². The molecule has 0 saturated carbocycles. The minimum Gasteiger partial charge on any atom is -0.313 e. The molecule has 0 spiro atoms. The van der Waals surface area contributed by atoms with Gasteiger partial charge in [0.25, 0.3) is 0 Å². The lowest BCUT2D eigenvalue weighted by Gasteiger charge is -2.25. The van der Waals surface area contributed by atoms with E-state index in [-0.39, 0.29) is 0 Å². The zero-order valence-corrected chi connectivity index (χ0v) is 27.8. The zero-order valence-electron chi connectivity index (χ0n) is 27.8. The van der Waals surface area contributed by atoms with Gasteiger partial charge in [0.2, 0.25) is 0 Å². The van der Waals surface area contributed by atoms with E-state index in [1.807, 2.05) is 0 Å². The highest BCUT2D eigenvalue weighted by Crippen LogP contribution is 2.38. The van der Waals surface area contributed by atoms with E-state index in [0.717, 1.165) is 29.9 Å². The third-order valence-corrected chi connectivity index (χ3v) is 9.88. The second-order valence-electron chi connectivity index (χ2n) is 12.9. The summed E-state index contributed by atoms with van der Waals surface area (Å²) in [5, 5.41) is 1.32. The van der Waals surface area contributed by atoms with Gasteiger partial charge in [-0.15, -0.1) is 0 Å². The van der Waals surface area contributed by atoms with Crippen molar-refractivity contribution in [3.8, 4) is 39.1 Å². The quantitative estimate of drug-likeness (QED) is 0.168. The molecule has 238 valence electrons. The van der Waals surface area contributed by atoms with Gasteiger partial charge in [0.05, 0.1) is 5.52 Å². The third-order valence-electron chi connectivity index (χ3n) is 9.88. The number of para-hydroxylation sites is 3. The highest BCUT2D eigenvalue weighted by atomic mass is 15.1. The van der Waals surface area contributed by atoms with Crippen LogP contribution in [0.4, 0.5) is 17.1 Å². The van der Waals surface area contributed by atoms with Crippen LogP contribution in [-0.2, 0) is 6.42 Å². The fourth-order valence-corrected chi connectivity index (χ4v) is 7.39. The maximum atomic E-state index is 2.45. The van der Waals surface area contributed by atoms with E-state index in [0.29, 0.717) is 0 Å². The van der Waals surface area contributed by atoms with E-state index in [9.17, 15) is 0 Å². The first-order valence-corrected chi connectivity index (χ1v) is 17.4. The summed E-state index contributed by atoms with van der Waals surface area (Å²) < 4.78 is 2.45. The van der Waals surface area contributed by atoms with Crippen LogP contribution in [0.2, 0.25) is 0 Å². The van der Waals surface area contributed by atoms with Crippen LogP contribution in [0.1, 0.15) is 17.7 Å². The third kappa shape index (κ3) is 5.51. The van der Waals surface area contributed by atoms with Gasteiger partial charge in [0.1, 0.15) is 0 Å². The molecule has 0 fully saturated rings. The molecule has 1 aliphatic rings. The average Bonchev–Trinajstić information content (AvgIpc) is 3.53. The first kappa shape index (κ1) is 29.7. The number of allylic oxidation sites excluding steroid dienone is 1. The number of fused-ring (bicyclic) bond motifs is 3. The van der Waals surface area contributed by atoms with Crippen LogP contribution in [0.15, 0.2) is 188 Å². The van der Waals surface area contributed by atoms with Crippen molar-refractivity contribution >= 4 is 34.0 Å². The van der Waals surface area contributed by atoms with Gasteiger partial charge in [-0.25, -0.2) is 0 Å². The first-order chi connectivity index (χ1) is 24.8. The molecule has 1 aromatic heterocycles. The fraction of sp³-hybridized carbons (Fsp3) is 0.0417. The van der Waals surface area contributed by atoms with Crippen molar-refractivity contribution in [2.24, 2.45) is 0 Å². The van der Waals surface area contributed by atoms with Crippen LogP contribution >= 0.6 is 0 Å². The normalized spacial score (nSPS) is 12.2. The molecule has 0 bridgehead atoms. The Morgan fingerprint density at radius 1 is 0.420 bits per heavy atom. The van der Waals surface area contributed by atoms with E-state index in [1.165, 1.54) is 61.2 Å². The van der Waals surface area contributed by atoms with Gasteiger partial charge in [0, 0.05) is 39.4 Å². The van der Waals surface area contributed by atoms with Crippen molar-refractivity contribution in [3.63, 3.8) is 0 Å². The fourth-order valence-electron chi connectivity index (χ4n) is 7.39. The molecular weight excluding hydrogens is 605 g/mol. The van der Waals surface area contributed by atoms with E-state index in [4.69, 9.17) is 0 Å². The SMILES string of the molecule is C1=Cc2c(n(-c3ccccc3)c3ccc(-c4ccc(-c5ccc(-c6ccc(N(c7ccccc7)c7ccccc7)cc6)cc5)cc4)cc23)CC1. The highest BCUT2D eigenvalue weighted by molar-refractivity contribution is 5.96. The summed E-state index contributed by atoms with van der Waals surface area (Å²) in [5.74, 6) is 0. The topological polar surface area (TPSA) is 8.17 Å². The molecule has 2 heteroatoms. The molecule has 0 amide bonds. The number of anilines is 3. The number of hydrogen-bond donors (Lipinski definition) is 0. The number of benzene rings is 7. The standard InChI is InChI=1S/C48H36N2/c1-4-12-41(13-5-1)49(42-14-6-2-7-15-42)44-31-28-38(29-32-44)37-22-20-35(21-23-37)36-24-26-39(27-25-36)40-30-33-48-46(34-40)45-18-10-11-19-47(45)50(48)43-16-8-3-9-17-43/h1-10,12-18,20-34H,11,19H2. The van der Waals surface area contributed by atoms with E-state index >= 15 is 0 Å². The number of hydrogen-bond acceptors (Lipinski definition) is 1. The van der Waals surface area contributed by atoms with Crippen LogP contribution in [0.5, 0.6) is 0 Å². The van der Waals surface area contributed by atoms with Gasteiger partial charge >= 0.3 is 0 Å². The minimum atomic E-state index is 1.06. The van der Waals surface area contributed by atoms with E-state index < -0.39 is 0 Å². The predicted octanol–water partition coefficient (Wildman–Crippen LogP) is 13.1. The number of aromatic nitrogens is 1. The molecule has 1 heterocycles. The predicted molar refractivity (Wildman–Crippen MR) is 212 cm³/mol. The molecule has 50 heavy (non-hydrogen) atoms. The summed E-state index contributed by atoms with van der Waals surface area (Å²) in [6.07, 6.45) is 6.77. The lowest BCUT2D eigenvalue weighted by Crippen LogP contribution is -2.09. The van der Waals surface area contributed by atoms with Gasteiger partial charge in [-0.1, -0.05) is 133 Å². The van der Waals surface area contributed by atoms with Crippen molar-refractivity contribution in [2.45, 2.75) is 12.8 Å². The molecule has 0 aliphatic heterocycles. The molecule has 2 nitrogen and oxygen atoms in total. The zero-order chi connectivity index (χ0) is 33.3. The Morgan fingerprint density at radius 3 is 1.40 bits per heavy atom. The van der Waals surface area contributed by atoms with Crippen LogP contribution < -0.4 is 4.90 Å². The molecule has 0 unspecified atom stereocenters. The lowest BCUT2D eigenvalue weighted by molar-refractivity contribution is 0.888. The van der Waals surface area contributed by atoms with Crippen molar-refractivity contribution in [1.82, 2.24) is 4.57 Å². The van der Waals surface area contributed by atoms with E-state index in [2.05, 4.69) is 204 Å². The first-order valence-electron chi connectivity index (χ1n) is 17.4. The molecule has 0 N–H and O–H groups in total. The van der Waals surface area contributed by atoms with Gasteiger partial charge in [-0.3, -0.25) is 0 Å². The van der Waals surface area contributed by atoms with Crippen molar-refractivity contribution < 1.29 is 0 Å². The Bertz CT molecular complexity index is 2380. The number of rotatable bonds is 7. The van der Waals surface area contributed by atoms with Crippen molar-refractivity contribution in [3.05, 3.63) is 199 Å².